The Morgan fingerprint density at radius 1 is 1.25 bits per heavy atom. The molecule has 1 fully saturated rings. The van der Waals surface area contributed by atoms with Crippen LogP contribution in [0.25, 0.3) is 11.0 Å². The van der Waals surface area contributed by atoms with E-state index in [1.54, 1.807) is 0 Å². The highest BCUT2D eigenvalue weighted by Crippen LogP contribution is 2.35. The fraction of sp³-hybridized carbons (Fsp3) is 0.500. The molecular formula is C20H25N3O. The SMILES string of the molecule is CCn1c(C2CCCN2C(=O)C2CC=CCC2)nc2ccccc21. The van der Waals surface area contributed by atoms with Crippen LogP contribution in [-0.4, -0.2) is 26.9 Å². The zero-order valence-electron chi connectivity index (χ0n) is 14.3. The Kier molecular flexibility index (Phi) is 4.13. The van der Waals surface area contributed by atoms with Gasteiger partial charge in [-0.2, -0.15) is 0 Å². The van der Waals surface area contributed by atoms with E-state index in [2.05, 4.69) is 46.7 Å². The number of fused-ring (bicyclic) bond motifs is 1. The van der Waals surface area contributed by atoms with Crippen LogP contribution in [0.5, 0.6) is 0 Å². The van der Waals surface area contributed by atoms with Gasteiger partial charge < -0.3 is 9.47 Å². The molecule has 1 aromatic carbocycles. The first-order valence-corrected chi connectivity index (χ1v) is 9.20. The van der Waals surface area contributed by atoms with Gasteiger partial charge in [0.25, 0.3) is 0 Å². The molecule has 0 bridgehead atoms. The lowest BCUT2D eigenvalue weighted by Gasteiger charge is -2.29. The van der Waals surface area contributed by atoms with Gasteiger partial charge in [0.1, 0.15) is 5.82 Å². The first-order chi connectivity index (χ1) is 11.8. The second kappa shape index (κ2) is 6.42. The molecule has 4 nitrogen and oxygen atoms in total. The average molecular weight is 323 g/mol. The molecule has 0 spiro atoms. The van der Waals surface area contributed by atoms with Gasteiger partial charge in [0.05, 0.1) is 17.1 Å². The summed E-state index contributed by atoms with van der Waals surface area (Å²) in [5.41, 5.74) is 2.21. The Hall–Kier alpha value is -2.10. The van der Waals surface area contributed by atoms with Gasteiger partial charge in [-0.05, 0) is 51.2 Å². The maximum atomic E-state index is 13.1. The van der Waals surface area contributed by atoms with E-state index in [-0.39, 0.29) is 12.0 Å². The van der Waals surface area contributed by atoms with Gasteiger partial charge in [0.2, 0.25) is 5.91 Å². The lowest BCUT2D eigenvalue weighted by molar-refractivity contribution is -0.136. The molecule has 2 unspecified atom stereocenters. The lowest BCUT2D eigenvalue weighted by Crippen LogP contribution is -2.37. The minimum atomic E-state index is 0.135. The third kappa shape index (κ3) is 2.54. The Morgan fingerprint density at radius 3 is 2.92 bits per heavy atom. The zero-order valence-corrected chi connectivity index (χ0v) is 14.3. The number of likely N-dealkylation sites (tertiary alicyclic amines) is 1. The smallest absolute Gasteiger partial charge is 0.226 e. The normalized spacial score (nSPS) is 24.0. The second-order valence-electron chi connectivity index (χ2n) is 6.87. The lowest BCUT2D eigenvalue weighted by atomic mass is 9.93. The third-order valence-electron chi connectivity index (χ3n) is 5.45. The summed E-state index contributed by atoms with van der Waals surface area (Å²) in [4.78, 5) is 20.1. The third-order valence-corrected chi connectivity index (χ3v) is 5.45. The van der Waals surface area contributed by atoms with Crippen LogP contribution in [-0.2, 0) is 11.3 Å². The van der Waals surface area contributed by atoms with E-state index in [1.165, 1.54) is 5.52 Å². The summed E-state index contributed by atoms with van der Waals surface area (Å²) in [6.07, 6.45) is 9.38. The highest BCUT2D eigenvalue weighted by atomic mass is 16.2. The van der Waals surface area contributed by atoms with Crippen molar-refractivity contribution in [1.82, 2.24) is 14.5 Å². The van der Waals surface area contributed by atoms with Crippen molar-refractivity contribution in [3.8, 4) is 0 Å². The molecule has 2 heterocycles. The fourth-order valence-electron chi connectivity index (χ4n) is 4.23. The Morgan fingerprint density at radius 2 is 2.12 bits per heavy atom. The van der Waals surface area contributed by atoms with Crippen LogP contribution in [0, 0.1) is 5.92 Å². The van der Waals surface area contributed by atoms with Crippen LogP contribution in [0.2, 0.25) is 0 Å². The summed E-state index contributed by atoms with van der Waals surface area (Å²) in [7, 11) is 0. The number of benzene rings is 1. The molecule has 126 valence electrons. The van der Waals surface area contributed by atoms with E-state index in [0.29, 0.717) is 5.91 Å². The van der Waals surface area contributed by atoms with Crippen LogP contribution < -0.4 is 0 Å². The summed E-state index contributed by atoms with van der Waals surface area (Å²) < 4.78 is 2.28. The Balaban J connectivity index is 1.67. The average Bonchev–Trinajstić information content (AvgIpc) is 3.25. The van der Waals surface area contributed by atoms with Gasteiger partial charge in [0.15, 0.2) is 0 Å². The molecule has 2 aromatic rings. The van der Waals surface area contributed by atoms with E-state index < -0.39 is 0 Å². The molecule has 0 radical (unpaired) electrons. The van der Waals surface area contributed by atoms with Gasteiger partial charge in [0, 0.05) is 19.0 Å². The van der Waals surface area contributed by atoms with Gasteiger partial charge in [-0.1, -0.05) is 24.3 Å². The topological polar surface area (TPSA) is 38.1 Å². The monoisotopic (exact) mass is 323 g/mol. The Labute approximate surface area is 143 Å². The van der Waals surface area contributed by atoms with Crippen molar-refractivity contribution in [2.24, 2.45) is 5.92 Å². The molecule has 1 saturated heterocycles. The van der Waals surface area contributed by atoms with Crippen LogP contribution in [0.15, 0.2) is 36.4 Å². The first-order valence-electron chi connectivity index (χ1n) is 9.20. The zero-order chi connectivity index (χ0) is 16.5. The second-order valence-corrected chi connectivity index (χ2v) is 6.87. The predicted molar refractivity (Wildman–Crippen MR) is 95.6 cm³/mol. The maximum Gasteiger partial charge on any atom is 0.226 e. The summed E-state index contributed by atoms with van der Waals surface area (Å²) >= 11 is 0. The van der Waals surface area contributed by atoms with E-state index >= 15 is 0 Å². The fourth-order valence-corrected chi connectivity index (χ4v) is 4.23. The predicted octanol–water partition coefficient (Wildman–Crippen LogP) is 4.08. The van der Waals surface area contributed by atoms with Crippen LogP contribution >= 0.6 is 0 Å². The van der Waals surface area contributed by atoms with Crippen LogP contribution in [0.1, 0.15) is 50.9 Å². The largest absolute Gasteiger partial charge is 0.332 e. The van der Waals surface area contributed by atoms with Gasteiger partial charge >= 0.3 is 0 Å². The first kappa shape index (κ1) is 15.4. The number of carbonyl (C=O) groups is 1. The van der Waals surface area contributed by atoms with Crippen molar-refractivity contribution in [2.75, 3.05) is 6.54 Å². The van der Waals surface area contributed by atoms with Crippen molar-refractivity contribution in [1.29, 1.82) is 0 Å². The minimum Gasteiger partial charge on any atom is -0.332 e. The maximum absolute atomic E-state index is 13.1. The molecule has 0 saturated carbocycles. The van der Waals surface area contributed by atoms with Gasteiger partial charge in [-0.3, -0.25) is 4.79 Å². The van der Waals surface area contributed by atoms with E-state index in [4.69, 9.17) is 4.98 Å². The number of aromatic nitrogens is 2. The molecule has 1 aliphatic carbocycles. The number of allylic oxidation sites excluding steroid dienone is 2. The number of hydrogen-bond donors (Lipinski definition) is 0. The molecule has 0 N–H and O–H groups in total. The molecule has 2 aliphatic rings. The molecular weight excluding hydrogens is 298 g/mol. The van der Waals surface area contributed by atoms with E-state index in [9.17, 15) is 4.79 Å². The number of rotatable bonds is 3. The highest BCUT2D eigenvalue weighted by Gasteiger charge is 2.36. The number of amides is 1. The van der Waals surface area contributed by atoms with Crippen molar-refractivity contribution in [3.05, 3.63) is 42.2 Å². The molecule has 24 heavy (non-hydrogen) atoms. The summed E-state index contributed by atoms with van der Waals surface area (Å²) in [5.74, 6) is 1.56. The van der Waals surface area contributed by atoms with Gasteiger partial charge in [-0.25, -0.2) is 4.98 Å². The standard InChI is InChI=1S/C20H25N3O/c1-2-22-17-12-7-6-11-16(17)21-19(22)18-13-8-14-23(18)20(24)15-9-4-3-5-10-15/h3-4,6-7,11-12,15,18H,2,5,8-10,13-14H2,1H3. The number of imidazole rings is 1. The number of aryl methyl sites for hydroxylation is 1. The van der Waals surface area contributed by atoms with Crippen molar-refractivity contribution >= 4 is 16.9 Å². The summed E-state index contributed by atoms with van der Waals surface area (Å²) in [6, 6.07) is 8.42. The number of hydrogen-bond acceptors (Lipinski definition) is 2. The summed E-state index contributed by atoms with van der Waals surface area (Å²) in [6.45, 7) is 3.92. The number of carbonyl (C=O) groups excluding carboxylic acids is 1. The van der Waals surface area contributed by atoms with Crippen LogP contribution in [0.4, 0.5) is 0 Å². The number of nitrogens with zero attached hydrogens (tertiary/aromatic N) is 3. The minimum absolute atomic E-state index is 0.135. The molecule has 1 amide bonds. The molecule has 4 heteroatoms. The van der Waals surface area contributed by atoms with E-state index in [0.717, 1.165) is 56.5 Å². The molecule has 1 aliphatic heterocycles. The molecule has 1 aromatic heterocycles. The number of para-hydroxylation sites is 2. The van der Waals surface area contributed by atoms with Crippen LogP contribution in [0.3, 0.4) is 0 Å². The van der Waals surface area contributed by atoms with Gasteiger partial charge in [-0.15, -0.1) is 0 Å². The molecule has 2 atom stereocenters. The van der Waals surface area contributed by atoms with Crippen molar-refractivity contribution < 1.29 is 4.79 Å². The highest BCUT2D eigenvalue weighted by molar-refractivity contribution is 5.80. The Bertz CT molecular complexity index is 776. The summed E-state index contributed by atoms with van der Waals surface area (Å²) in [5, 5.41) is 0. The molecule has 4 rings (SSSR count). The van der Waals surface area contributed by atoms with Crippen molar-refractivity contribution in [3.63, 3.8) is 0 Å². The quantitative estimate of drug-likeness (QED) is 0.798. The van der Waals surface area contributed by atoms with E-state index in [1.807, 2.05) is 6.07 Å². The van der Waals surface area contributed by atoms with Crippen molar-refractivity contribution in [2.45, 2.75) is 51.6 Å².